The maximum Gasteiger partial charge on any atom is 0.248 e. The van der Waals surface area contributed by atoms with Crippen LogP contribution in [0.2, 0.25) is 0 Å². The third kappa shape index (κ3) is 3.54. The van der Waals surface area contributed by atoms with Crippen molar-refractivity contribution in [2.24, 2.45) is 11.7 Å². The molecule has 1 amide bonds. The summed E-state index contributed by atoms with van der Waals surface area (Å²) in [5, 5.41) is 6.89. The van der Waals surface area contributed by atoms with Crippen LogP contribution in [0.4, 0.5) is 5.82 Å². The zero-order chi connectivity index (χ0) is 17.9. The van der Waals surface area contributed by atoms with Gasteiger partial charge in [0.05, 0.1) is 12.3 Å². The Balaban J connectivity index is 1.63. The number of aromatic nitrogens is 2. The maximum absolute atomic E-state index is 11.3. The molecule has 4 rings (SSSR count). The van der Waals surface area contributed by atoms with E-state index >= 15 is 0 Å². The molecule has 4 N–H and O–H groups in total. The fraction of sp³-hybridized carbons (Fsp3) is 0.421. The fourth-order valence-electron chi connectivity index (χ4n) is 3.40. The van der Waals surface area contributed by atoms with Gasteiger partial charge in [0.1, 0.15) is 5.82 Å². The Morgan fingerprint density at radius 1 is 1.31 bits per heavy atom. The molecule has 26 heavy (non-hydrogen) atoms. The normalized spacial score (nSPS) is 19.2. The molecular weight excluding hydrogens is 330 g/mol. The van der Waals surface area contributed by atoms with Gasteiger partial charge in [0, 0.05) is 42.3 Å². The summed E-state index contributed by atoms with van der Waals surface area (Å²) < 4.78 is 5.46. The Hall–Kier alpha value is -2.51. The lowest BCUT2D eigenvalue weighted by atomic mass is 10.0. The number of anilines is 1. The highest BCUT2D eigenvalue weighted by molar-refractivity contribution is 5.93. The lowest BCUT2D eigenvalue weighted by Gasteiger charge is -2.21. The summed E-state index contributed by atoms with van der Waals surface area (Å²) in [6.07, 6.45) is 2.00. The van der Waals surface area contributed by atoms with Crippen molar-refractivity contribution in [3.63, 3.8) is 0 Å². The number of ether oxygens (including phenoxy) is 1. The van der Waals surface area contributed by atoms with Crippen molar-refractivity contribution in [1.82, 2.24) is 15.3 Å². The molecule has 2 aromatic rings. The monoisotopic (exact) mass is 353 g/mol. The lowest BCUT2D eigenvalue weighted by molar-refractivity contribution is 0.100. The van der Waals surface area contributed by atoms with Gasteiger partial charge in [-0.25, -0.2) is 9.97 Å². The van der Waals surface area contributed by atoms with Crippen molar-refractivity contribution < 1.29 is 9.53 Å². The molecule has 0 saturated carbocycles. The van der Waals surface area contributed by atoms with Crippen molar-refractivity contribution >= 4 is 11.7 Å². The number of carbonyl (C=O) groups excluding carboxylic acids is 1. The molecule has 0 radical (unpaired) electrons. The zero-order valence-electron chi connectivity index (χ0n) is 14.6. The Bertz CT molecular complexity index is 800. The quantitative estimate of drug-likeness (QED) is 0.750. The van der Waals surface area contributed by atoms with Crippen molar-refractivity contribution in [2.75, 3.05) is 31.6 Å². The third-order valence-electron chi connectivity index (χ3n) is 4.95. The number of carbonyl (C=O) groups is 1. The fourth-order valence-corrected chi connectivity index (χ4v) is 3.40. The van der Waals surface area contributed by atoms with E-state index in [1.54, 1.807) is 12.1 Å². The van der Waals surface area contributed by atoms with Crippen LogP contribution in [0.25, 0.3) is 11.4 Å². The summed E-state index contributed by atoms with van der Waals surface area (Å²) in [6, 6.07) is 7.10. The van der Waals surface area contributed by atoms with Gasteiger partial charge in [-0.2, -0.15) is 0 Å². The average molecular weight is 353 g/mol. The molecule has 2 aliphatic rings. The van der Waals surface area contributed by atoms with Gasteiger partial charge in [-0.15, -0.1) is 0 Å². The first-order chi connectivity index (χ1) is 12.7. The highest BCUT2D eigenvalue weighted by Gasteiger charge is 2.20. The molecule has 1 atom stereocenters. The van der Waals surface area contributed by atoms with Crippen LogP contribution in [0.15, 0.2) is 24.3 Å². The number of fused-ring (bicyclic) bond motifs is 1. The third-order valence-corrected chi connectivity index (χ3v) is 4.95. The van der Waals surface area contributed by atoms with E-state index in [-0.39, 0.29) is 0 Å². The van der Waals surface area contributed by atoms with Crippen LogP contribution in [0.1, 0.15) is 28.0 Å². The van der Waals surface area contributed by atoms with Crippen LogP contribution in [-0.4, -0.2) is 42.2 Å². The van der Waals surface area contributed by atoms with Gasteiger partial charge in [-0.3, -0.25) is 4.79 Å². The SMILES string of the molecule is NC(=O)c1ccc(-c2nc3c(c(NCC4CCOC4)n2)CCNC3)cc1. The first kappa shape index (κ1) is 16.9. The van der Waals surface area contributed by atoms with E-state index in [0.717, 1.165) is 62.8 Å². The molecule has 1 unspecified atom stereocenters. The first-order valence-corrected chi connectivity index (χ1v) is 9.03. The first-order valence-electron chi connectivity index (χ1n) is 9.03. The van der Waals surface area contributed by atoms with E-state index in [2.05, 4.69) is 10.6 Å². The molecular formula is C19H23N5O2. The number of hydrogen-bond acceptors (Lipinski definition) is 6. The Morgan fingerprint density at radius 2 is 2.15 bits per heavy atom. The van der Waals surface area contributed by atoms with Crippen LogP contribution in [0.3, 0.4) is 0 Å². The largest absolute Gasteiger partial charge is 0.381 e. The smallest absolute Gasteiger partial charge is 0.248 e. The van der Waals surface area contributed by atoms with Gasteiger partial charge in [-0.05, 0) is 31.5 Å². The molecule has 0 spiro atoms. The topological polar surface area (TPSA) is 102 Å². The van der Waals surface area contributed by atoms with Gasteiger partial charge in [0.25, 0.3) is 0 Å². The lowest BCUT2D eigenvalue weighted by Crippen LogP contribution is -2.27. The predicted octanol–water partition coefficient (Wildman–Crippen LogP) is 1.34. The van der Waals surface area contributed by atoms with Crippen LogP contribution < -0.4 is 16.4 Å². The highest BCUT2D eigenvalue weighted by atomic mass is 16.5. The minimum absolute atomic E-state index is 0.437. The van der Waals surface area contributed by atoms with E-state index in [0.29, 0.717) is 17.3 Å². The zero-order valence-corrected chi connectivity index (χ0v) is 14.6. The van der Waals surface area contributed by atoms with E-state index in [4.69, 9.17) is 20.4 Å². The number of nitrogens with zero attached hydrogens (tertiary/aromatic N) is 2. The second-order valence-electron chi connectivity index (χ2n) is 6.80. The van der Waals surface area contributed by atoms with Crippen LogP contribution in [-0.2, 0) is 17.7 Å². The molecule has 1 fully saturated rings. The second-order valence-corrected chi connectivity index (χ2v) is 6.80. The Morgan fingerprint density at radius 3 is 2.88 bits per heavy atom. The highest BCUT2D eigenvalue weighted by Crippen LogP contribution is 2.26. The predicted molar refractivity (Wildman–Crippen MR) is 98.8 cm³/mol. The molecule has 1 saturated heterocycles. The second kappa shape index (κ2) is 7.39. The molecule has 2 aliphatic heterocycles. The Kier molecular flexibility index (Phi) is 4.81. The molecule has 7 heteroatoms. The minimum Gasteiger partial charge on any atom is -0.381 e. The molecule has 0 bridgehead atoms. The van der Waals surface area contributed by atoms with Gasteiger partial charge < -0.3 is 21.1 Å². The van der Waals surface area contributed by atoms with Gasteiger partial charge >= 0.3 is 0 Å². The summed E-state index contributed by atoms with van der Waals surface area (Å²) in [7, 11) is 0. The standard InChI is InChI=1S/C19H23N5O2/c20-17(25)13-1-3-14(4-2-13)18-23-16-10-21-7-5-15(16)19(24-18)22-9-12-6-8-26-11-12/h1-4,12,21H,5-11H2,(H2,20,25)(H,22,23,24). The molecule has 1 aromatic heterocycles. The molecule has 1 aromatic carbocycles. The minimum atomic E-state index is -0.437. The van der Waals surface area contributed by atoms with Crippen LogP contribution >= 0.6 is 0 Å². The summed E-state index contributed by atoms with van der Waals surface area (Å²) in [4.78, 5) is 20.8. The van der Waals surface area contributed by atoms with E-state index in [9.17, 15) is 4.79 Å². The van der Waals surface area contributed by atoms with Crippen LogP contribution in [0.5, 0.6) is 0 Å². The number of nitrogens with two attached hydrogens (primary N) is 1. The van der Waals surface area contributed by atoms with Crippen molar-refractivity contribution in [2.45, 2.75) is 19.4 Å². The van der Waals surface area contributed by atoms with Gasteiger partial charge in [0.15, 0.2) is 5.82 Å². The molecule has 7 nitrogen and oxygen atoms in total. The number of amides is 1. The molecule has 136 valence electrons. The summed E-state index contributed by atoms with van der Waals surface area (Å²) in [5.74, 6) is 1.67. The number of benzene rings is 1. The van der Waals surface area contributed by atoms with Crippen LogP contribution in [0, 0.1) is 5.92 Å². The van der Waals surface area contributed by atoms with Crippen molar-refractivity contribution in [3.8, 4) is 11.4 Å². The van der Waals surface area contributed by atoms with E-state index in [1.165, 1.54) is 5.56 Å². The number of primary amides is 1. The Labute approximate surface area is 152 Å². The summed E-state index contributed by atoms with van der Waals surface area (Å²) in [6.45, 7) is 4.19. The van der Waals surface area contributed by atoms with Crippen molar-refractivity contribution in [1.29, 1.82) is 0 Å². The van der Waals surface area contributed by atoms with E-state index < -0.39 is 5.91 Å². The number of nitrogens with one attached hydrogen (secondary N) is 2. The molecule has 3 heterocycles. The summed E-state index contributed by atoms with van der Waals surface area (Å²) in [5.41, 5.74) is 8.90. The summed E-state index contributed by atoms with van der Waals surface area (Å²) >= 11 is 0. The number of hydrogen-bond donors (Lipinski definition) is 3. The van der Waals surface area contributed by atoms with Gasteiger partial charge in [0.2, 0.25) is 5.91 Å². The van der Waals surface area contributed by atoms with Crippen molar-refractivity contribution in [3.05, 3.63) is 41.1 Å². The van der Waals surface area contributed by atoms with Gasteiger partial charge in [-0.1, -0.05) is 12.1 Å². The van der Waals surface area contributed by atoms with E-state index in [1.807, 2.05) is 12.1 Å². The maximum atomic E-state index is 11.3. The molecule has 0 aliphatic carbocycles. The average Bonchev–Trinajstić information content (AvgIpc) is 3.19. The number of rotatable bonds is 5.